The third kappa shape index (κ3) is 4.49. The van der Waals surface area contributed by atoms with Crippen LogP contribution in [-0.4, -0.2) is 36.7 Å². The summed E-state index contributed by atoms with van der Waals surface area (Å²) in [6.07, 6.45) is 2.78. The Kier molecular flexibility index (Phi) is 6.45. The monoisotopic (exact) mass is 653 g/mol. The fourth-order valence-electron chi connectivity index (χ4n) is 6.74. The second kappa shape index (κ2) is 10.4. The van der Waals surface area contributed by atoms with Crippen molar-refractivity contribution in [2.24, 2.45) is 0 Å². The van der Waals surface area contributed by atoms with Crippen molar-refractivity contribution in [2.75, 3.05) is 22.8 Å². The van der Waals surface area contributed by atoms with Crippen LogP contribution in [-0.2, 0) is 15.7 Å². The lowest BCUT2D eigenvalue weighted by Crippen LogP contribution is -2.49. The highest BCUT2D eigenvalue weighted by Gasteiger charge is 2.45. The fraction of sp³-hybridized carbons (Fsp3) is 0.200. The number of halogens is 2. The smallest absolute Gasteiger partial charge is 0.255 e. The van der Waals surface area contributed by atoms with E-state index in [0.717, 1.165) is 36.2 Å². The Morgan fingerprint density at radius 3 is 2.53 bits per heavy atom. The number of furan rings is 1. The van der Waals surface area contributed by atoms with E-state index in [-0.39, 0.29) is 34.2 Å². The van der Waals surface area contributed by atoms with Crippen LogP contribution in [0.15, 0.2) is 77.2 Å². The van der Waals surface area contributed by atoms with Crippen molar-refractivity contribution in [1.29, 1.82) is 0 Å². The molecule has 8 rings (SSSR count). The number of nitrogens with zero attached hydrogens (tertiary/aromatic N) is 2. The van der Waals surface area contributed by atoms with E-state index in [2.05, 4.69) is 19.9 Å². The molecule has 0 radical (unpaired) electrons. The number of rotatable bonds is 6. The summed E-state index contributed by atoms with van der Waals surface area (Å²) in [6, 6.07) is 19.3. The van der Waals surface area contributed by atoms with Gasteiger partial charge in [-0.25, -0.2) is 22.2 Å². The molecule has 3 aromatic carbocycles. The summed E-state index contributed by atoms with van der Waals surface area (Å²) >= 11 is 0. The van der Waals surface area contributed by atoms with Gasteiger partial charge in [0.05, 0.1) is 39.6 Å². The van der Waals surface area contributed by atoms with E-state index in [0.29, 0.717) is 33.3 Å². The van der Waals surface area contributed by atoms with Gasteiger partial charge in [0.2, 0.25) is 10.0 Å². The Balaban J connectivity index is 1.37. The predicted molar refractivity (Wildman–Crippen MR) is 178 cm³/mol. The average molecular weight is 654 g/mol. The SMILES string of the molecule is CCS(=O)(=O)Nc1cc2oc(-c3ccc(F)cc3)c(C(=O)NC)c2cc1-c1ccc2c(n1)-c1cc3c(F)cccc3n1C1(CCC1)N2. The lowest BCUT2D eigenvalue weighted by Gasteiger charge is -2.48. The first-order chi connectivity index (χ1) is 22.6. The first-order valence-corrected chi connectivity index (χ1v) is 17.0. The molecular formula is C35H29F2N5O4S. The number of carbonyl (C=O) groups excluding carboxylic acids is 1. The number of pyridine rings is 1. The van der Waals surface area contributed by atoms with Crippen molar-refractivity contribution in [3.8, 4) is 34.0 Å². The number of sulfonamides is 1. The highest BCUT2D eigenvalue weighted by Crippen LogP contribution is 2.51. The highest BCUT2D eigenvalue weighted by molar-refractivity contribution is 7.92. The van der Waals surface area contributed by atoms with Crippen molar-refractivity contribution in [3.63, 3.8) is 0 Å². The Bertz CT molecular complexity index is 2380. The molecule has 0 saturated heterocycles. The molecule has 47 heavy (non-hydrogen) atoms. The van der Waals surface area contributed by atoms with Crippen LogP contribution < -0.4 is 15.4 Å². The van der Waals surface area contributed by atoms with Gasteiger partial charge < -0.3 is 19.6 Å². The number of amides is 1. The van der Waals surface area contributed by atoms with Crippen LogP contribution in [0.25, 0.3) is 55.8 Å². The van der Waals surface area contributed by atoms with Gasteiger partial charge in [0.15, 0.2) is 0 Å². The molecule has 6 aromatic rings. The normalized spacial score (nSPS) is 14.8. The maximum Gasteiger partial charge on any atom is 0.255 e. The van der Waals surface area contributed by atoms with E-state index in [9.17, 15) is 17.6 Å². The van der Waals surface area contributed by atoms with Gasteiger partial charge >= 0.3 is 0 Å². The van der Waals surface area contributed by atoms with Crippen LogP contribution in [0.3, 0.4) is 0 Å². The molecule has 9 nitrogen and oxygen atoms in total. The first kappa shape index (κ1) is 29.2. The van der Waals surface area contributed by atoms with Gasteiger partial charge in [0, 0.05) is 35.0 Å². The van der Waals surface area contributed by atoms with Gasteiger partial charge in [-0.05, 0) is 86.8 Å². The zero-order valence-electron chi connectivity index (χ0n) is 25.4. The summed E-state index contributed by atoms with van der Waals surface area (Å²) in [5.74, 6) is -1.17. The molecule has 1 spiro atoms. The molecule has 1 aliphatic carbocycles. The van der Waals surface area contributed by atoms with Gasteiger partial charge in [0.1, 0.15) is 34.3 Å². The predicted octanol–water partition coefficient (Wildman–Crippen LogP) is 7.45. The molecule has 1 aliphatic heterocycles. The Morgan fingerprint density at radius 1 is 1.04 bits per heavy atom. The van der Waals surface area contributed by atoms with Crippen molar-refractivity contribution in [1.82, 2.24) is 14.9 Å². The Hall–Kier alpha value is -5.23. The summed E-state index contributed by atoms with van der Waals surface area (Å²) in [5.41, 5.74) is 4.49. The standard InChI is InChI=1S/C35H29F2N5O4S/c1-3-47(44,45)41-27-18-30-23(31(34(43)38-2)33(46-30)19-8-10-20(36)11-9-19)16-22(27)25-12-13-26-32(39-25)29-17-21-24(37)6-4-7-28(21)42(29)35(40-26)14-5-15-35/h4,6-13,16-18,40-41H,3,5,14-15H2,1-2H3,(H,38,43). The van der Waals surface area contributed by atoms with E-state index >= 15 is 4.39 Å². The quantitative estimate of drug-likeness (QED) is 0.172. The van der Waals surface area contributed by atoms with Gasteiger partial charge in [-0.3, -0.25) is 9.52 Å². The molecule has 1 saturated carbocycles. The van der Waals surface area contributed by atoms with Crippen LogP contribution in [0, 0.1) is 11.6 Å². The molecule has 0 unspecified atom stereocenters. The molecular weight excluding hydrogens is 624 g/mol. The minimum atomic E-state index is -3.75. The Labute approximate surface area is 268 Å². The molecule has 1 fully saturated rings. The van der Waals surface area contributed by atoms with Crippen LogP contribution in [0.5, 0.6) is 0 Å². The zero-order valence-corrected chi connectivity index (χ0v) is 26.3. The van der Waals surface area contributed by atoms with E-state index in [4.69, 9.17) is 9.40 Å². The van der Waals surface area contributed by atoms with Gasteiger partial charge in [-0.2, -0.15) is 0 Å². The molecule has 1 amide bonds. The summed E-state index contributed by atoms with van der Waals surface area (Å²) in [6.45, 7) is 1.53. The maximum atomic E-state index is 15.1. The lowest BCUT2D eigenvalue weighted by molar-refractivity contribution is 0.0964. The van der Waals surface area contributed by atoms with Crippen LogP contribution in [0.2, 0.25) is 0 Å². The minimum absolute atomic E-state index is 0.178. The molecule has 0 atom stereocenters. The largest absolute Gasteiger partial charge is 0.455 e. The van der Waals surface area contributed by atoms with Crippen molar-refractivity contribution in [3.05, 3.63) is 90.0 Å². The number of hydrogen-bond acceptors (Lipinski definition) is 6. The third-order valence-electron chi connectivity index (χ3n) is 9.22. The molecule has 2 aliphatic rings. The second-order valence-corrected chi connectivity index (χ2v) is 13.9. The number of fused-ring (bicyclic) bond motifs is 7. The number of hydrogen-bond donors (Lipinski definition) is 3. The first-order valence-electron chi connectivity index (χ1n) is 15.3. The van der Waals surface area contributed by atoms with Crippen molar-refractivity contribution < 1.29 is 26.4 Å². The number of carbonyl (C=O) groups is 1. The van der Waals surface area contributed by atoms with E-state index in [1.807, 2.05) is 18.2 Å². The zero-order chi connectivity index (χ0) is 32.7. The second-order valence-electron chi connectivity index (χ2n) is 11.9. The summed E-state index contributed by atoms with van der Waals surface area (Å²) in [4.78, 5) is 18.3. The molecule has 4 heterocycles. The summed E-state index contributed by atoms with van der Waals surface area (Å²) < 4.78 is 65.6. The van der Waals surface area contributed by atoms with E-state index in [1.165, 1.54) is 50.4 Å². The fourth-order valence-corrected chi connectivity index (χ4v) is 7.38. The van der Waals surface area contributed by atoms with Crippen molar-refractivity contribution in [2.45, 2.75) is 31.8 Å². The topological polar surface area (TPSA) is 118 Å². The Morgan fingerprint density at radius 2 is 1.83 bits per heavy atom. The summed E-state index contributed by atoms with van der Waals surface area (Å²) in [7, 11) is -2.26. The number of aromatic nitrogens is 2. The lowest BCUT2D eigenvalue weighted by atomic mass is 9.82. The van der Waals surface area contributed by atoms with Gasteiger partial charge in [-0.1, -0.05) is 6.07 Å². The molecule has 3 N–H and O–H groups in total. The van der Waals surface area contributed by atoms with Crippen LogP contribution in [0.4, 0.5) is 20.2 Å². The third-order valence-corrected chi connectivity index (χ3v) is 10.5. The summed E-state index contributed by atoms with van der Waals surface area (Å²) in [5, 5.41) is 7.22. The number of benzene rings is 3. The van der Waals surface area contributed by atoms with Crippen LogP contribution >= 0.6 is 0 Å². The highest BCUT2D eigenvalue weighted by atomic mass is 32.2. The molecule has 12 heteroatoms. The van der Waals surface area contributed by atoms with E-state index < -0.39 is 27.4 Å². The van der Waals surface area contributed by atoms with Gasteiger partial charge in [-0.15, -0.1) is 0 Å². The number of anilines is 2. The average Bonchev–Trinajstić information content (AvgIpc) is 3.63. The molecule has 0 bridgehead atoms. The maximum absolute atomic E-state index is 15.1. The molecule has 238 valence electrons. The molecule has 3 aromatic heterocycles. The minimum Gasteiger partial charge on any atom is -0.455 e. The van der Waals surface area contributed by atoms with Gasteiger partial charge in [0.25, 0.3) is 5.91 Å². The van der Waals surface area contributed by atoms with E-state index in [1.54, 1.807) is 18.2 Å². The van der Waals surface area contributed by atoms with Crippen LogP contribution in [0.1, 0.15) is 36.5 Å². The van der Waals surface area contributed by atoms with Crippen molar-refractivity contribution >= 4 is 49.2 Å². The number of nitrogens with one attached hydrogen (secondary N) is 3.